The van der Waals surface area contributed by atoms with Crippen LogP contribution >= 0.6 is 0 Å². The second-order valence-electron chi connectivity index (χ2n) is 5.88. The molecule has 4 atom stereocenters. The molecule has 1 aliphatic rings. The monoisotopic (exact) mass is 327 g/mol. The van der Waals surface area contributed by atoms with Crippen LogP contribution in [0.4, 0.5) is 5.82 Å². The lowest BCUT2D eigenvalue weighted by atomic mass is 10.1. The van der Waals surface area contributed by atoms with Crippen LogP contribution in [-0.4, -0.2) is 55.7 Å². The topological polar surface area (TPSA) is 134 Å². The Kier molecular flexibility index (Phi) is 5.47. The molecule has 1 aromatic heterocycles. The molecular formula is C14H21N3O6. The standard InChI is InChI=1S/C14H21N3O6/c1-7(2)5-10(19)15-9-3-4-17(14(22)16-9)13-12(21)11(20)8(6-18)23-13/h3-4,7-8,11-13,18,20-21H,5-6H2,1-2H3,(H,15,16,19,22)/t8-,11+,12?,13-/m1/s1. The molecule has 9 nitrogen and oxygen atoms in total. The van der Waals surface area contributed by atoms with E-state index >= 15 is 0 Å². The van der Waals surface area contributed by atoms with Gasteiger partial charge >= 0.3 is 5.69 Å². The summed E-state index contributed by atoms with van der Waals surface area (Å²) in [5.74, 6) is 0.0236. The van der Waals surface area contributed by atoms with Crippen LogP contribution in [0.15, 0.2) is 17.1 Å². The smallest absolute Gasteiger partial charge is 0.351 e. The fourth-order valence-corrected chi connectivity index (χ4v) is 2.35. The van der Waals surface area contributed by atoms with Crippen molar-refractivity contribution in [3.8, 4) is 0 Å². The Morgan fingerprint density at radius 1 is 1.43 bits per heavy atom. The molecule has 0 aliphatic carbocycles. The van der Waals surface area contributed by atoms with Gasteiger partial charge in [-0.25, -0.2) is 4.79 Å². The van der Waals surface area contributed by atoms with Crippen molar-refractivity contribution >= 4 is 11.7 Å². The Balaban J connectivity index is 2.14. The zero-order valence-electron chi connectivity index (χ0n) is 12.9. The van der Waals surface area contributed by atoms with Crippen molar-refractivity contribution in [2.24, 2.45) is 5.92 Å². The summed E-state index contributed by atoms with van der Waals surface area (Å²) in [5.41, 5.74) is -0.748. The number of hydrogen-bond donors (Lipinski definition) is 4. The zero-order chi connectivity index (χ0) is 17.1. The first-order valence-corrected chi connectivity index (χ1v) is 7.35. The minimum Gasteiger partial charge on any atom is -0.394 e. The van der Waals surface area contributed by atoms with Gasteiger partial charge in [-0.15, -0.1) is 0 Å². The Hall–Kier alpha value is -1.81. The van der Waals surface area contributed by atoms with Crippen molar-refractivity contribution in [3.05, 3.63) is 22.7 Å². The number of amides is 1. The molecule has 2 heterocycles. The molecular weight excluding hydrogens is 306 g/mol. The molecule has 1 fully saturated rings. The van der Waals surface area contributed by atoms with Gasteiger partial charge in [0.2, 0.25) is 5.91 Å². The van der Waals surface area contributed by atoms with Gasteiger partial charge in [0.05, 0.1) is 6.61 Å². The van der Waals surface area contributed by atoms with Crippen LogP contribution in [-0.2, 0) is 9.53 Å². The summed E-state index contributed by atoms with van der Waals surface area (Å²) in [7, 11) is 0. The van der Waals surface area contributed by atoms with E-state index in [2.05, 4.69) is 10.3 Å². The number of ether oxygens (including phenoxy) is 1. The lowest BCUT2D eigenvalue weighted by Gasteiger charge is -2.17. The number of nitrogens with zero attached hydrogens (tertiary/aromatic N) is 2. The summed E-state index contributed by atoms with van der Waals surface area (Å²) < 4.78 is 6.26. The molecule has 23 heavy (non-hydrogen) atoms. The molecule has 2 rings (SSSR count). The Bertz CT molecular complexity index is 617. The highest BCUT2D eigenvalue weighted by molar-refractivity contribution is 5.89. The summed E-state index contributed by atoms with van der Waals surface area (Å²) in [6.07, 6.45) is -3.19. The van der Waals surface area contributed by atoms with Crippen molar-refractivity contribution in [1.29, 1.82) is 0 Å². The number of carbonyl (C=O) groups is 1. The molecule has 0 spiro atoms. The highest BCUT2D eigenvalue weighted by Crippen LogP contribution is 2.28. The van der Waals surface area contributed by atoms with E-state index < -0.39 is 36.8 Å². The number of anilines is 1. The number of aliphatic hydroxyl groups excluding tert-OH is 3. The Morgan fingerprint density at radius 2 is 2.13 bits per heavy atom. The number of aliphatic hydroxyl groups is 3. The van der Waals surface area contributed by atoms with Gasteiger partial charge in [-0.1, -0.05) is 13.8 Å². The van der Waals surface area contributed by atoms with Gasteiger partial charge < -0.3 is 25.4 Å². The van der Waals surface area contributed by atoms with E-state index in [4.69, 9.17) is 9.84 Å². The first-order chi connectivity index (χ1) is 10.8. The normalized spacial score (nSPS) is 27.4. The minimum atomic E-state index is -1.37. The van der Waals surface area contributed by atoms with Crippen molar-refractivity contribution in [2.75, 3.05) is 11.9 Å². The van der Waals surface area contributed by atoms with E-state index in [0.717, 1.165) is 4.57 Å². The summed E-state index contributed by atoms with van der Waals surface area (Å²) >= 11 is 0. The van der Waals surface area contributed by atoms with Crippen molar-refractivity contribution in [3.63, 3.8) is 0 Å². The van der Waals surface area contributed by atoms with Gasteiger partial charge in [-0.2, -0.15) is 4.98 Å². The molecule has 4 N–H and O–H groups in total. The highest BCUT2D eigenvalue weighted by atomic mass is 16.6. The van der Waals surface area contributed by atoms with E-state index in [-0.39, 0.29) is 17.6 Å². The van der Waals surface area contributed by atoms with Crippen LogP contribution in [0.5, 0.6) is 0 Å². The third-order valence-corrected chi connectivity index (χ3v) is 3.48. The molecule has 1 amide bonds. The van der Waals surface area contributed by atoms with Crippen LogP contribution < -0.4 is 11.0 Å². The summed E-state index contributed by atoms with van der Waals surface area (Å²) in [6.45, 7) is 3.31. The van der Waals surface area contributed by atoms with E-state index in [9.17, 15) is 19.8 Å². The summed E-state index contributed by atoms with van der Waals surface area (Å²) in [5, 5.41) is 31.2. The van der Waals surface area contributed by atoms with Gasteiger partial charge in [-0.05, 0) is 12.0 Å². The lowest BCUT2D eigenvalue weighted by molar-refractivity contribution is -0.116. The summed E-state index contributed by atoms with van der Waals surface area (Å²) in [6, 6.07) is 1.40. The van der Waals surface area contributed by atoms with Gasteiger partial charge in [-0.3, -0.25) is 9.36 Å². The van der Waals surface area contributed by atoms with Crippen LogP contribution in [0, 0.1) is 5.92 Å². The quantitative estimate of drug-likeness (QED) is 0.536. The molecule has 1 aliphatic heterocycles. The molecule has 128 valence electrons. The minimum absolute atomic E-state index is 0.101. The third-order valence-electron chi connectivity index (χ3n) is 3.48. The maximum atomic E-state index is 12.0. The SMILES string of the molecule is CC(C)CC(=O)Nc1ccn([C@@H]2O[C@H](CO)[C@H](O)C2O)c(=O)n1. The lowest BCUT2D eigenvalue weighted by Crippen LogP contribution is -2.36. The molecule has 0 bridgehead atoms. The molecule has 1 saturated heterocycles. The second-order valence-corrected chi connectivity index (χ2v) is 5.88. The fourth-order valence-electron chi connectivity index (χ4n) is 2.35. The van der Waals surface area contributed by atoms with E-state index in [1.54, 1.807) is 0 Å². The summed E-state index contributed by atoms with van der Waals surface area (Å²) in [4.78, 5) is 27.4. The first kappa shape index (κ1) is 17.5. The predicted molar refractivity (Wildman–Crippen MR) is 79.6 cm³/mol. The van der Waals surface area contributed by atoms with Crippen LogP contribution in [0.3, 0.4) is 0 Å². The number of aromatic nitrogens is 2. The van der Waals surface area contributed by atoms with Crippen LogP contribution in [0.25, 0.3) is 0 Å². The van der Waals surface area contributed by atoms with E-state index in [0.29, 0.717) is 6.42 Å². The second kappa shape index (κ2) is 7.18. The van der Waals surface area contributed by atoms with Crippen molar-refractivity contribution in [1.82, 2.24) is 9.55 Å². The maximum Gasteiger partial charge on any atom is 0.351 e. The predicted octanol–water partition coefficient (Wildman–Crippen LogP) is -1.16. The van der Waals surface area contributed by atoms with E-state index in [1.165, 1.54) is 12.3 Å². The number of rotatable bonds is 5. The average molecular weight is 327 g/mol. The largest absolute Gasteiger partial charge is 0.394 e. The number of hydrogen-bond acceptors (Lipinski definition) is 7. The Morgan fingerprint density at radius 3 is 2.65 bits per heavy atom. The van der Waals surface area contributed by atoms with Gasteiger partial charge in [0.1, 0.15) is 24.1 Å². The van der Waals surface area contributed by atoms with E-state index in [1.807, 2.05) is 13.8 Å². The molecule has 1 unspecified atom stereocenters. The van der Waals surface area contributed by atoms with Crippen molar-refractivity contribution in [2.45, 2.75) is 44.8 Å². The average Bonchev–Trinajstić information content (AvgIpc) is 2.74. The van der Waals surface area contributed by atoms with Gasteiger partial charge in [0.15, 0.2) is 6.23 Å². The molecule has 0 aromatic carbocycles. The van der Waals surface area contributed by atoms with Crippen LogP contribution in [0.2, 0.25) is 0 Å². The maximum absolute atomic E-state index is 12.0. The first-order valence-electron chi connectivity index (χ1n) is 7.35. The fraction of sp³-hybridized carbons (Fsp3) is 0.643. The zero-order valence-corrected chi connectivity index (χ0v) is 12.9. The molecule has 0 radical (unpaired) electrons. The molecule has 9 heteroatoms. The number of carbonyl (C=O) groups excluding carboxylic acids is 1. The molecule has 0 saturated carbocycles. The van der Waals surface area contributed by atoms with Crippen molar-refractivity contribution < 1.29 is 24.9 Å². The highest BCUT2D eigenvalue weighted by Gasteiger charge is 2.43. The van der Waals surface area contributed by atoms with Gasteiger partial charge in [0, 0.05) is 12.6 Å². The number of nitrogens with one attached hydrogen (secondary N) is 1. The van der Waals surface area contributed by atoms with Gasteiger partial charge in [0.25, 0.3) is 0 Å². The molecule has 1 aromatic rings. The third kappa shape index (κ3) is 3.94. The van der Waals surface area contributed by atoms with Crippen LogP contribution in [0.1, 0.15) is 26.5 Å². The Labute approximate surface area is 132 Å².